The number of hydrazone groups is 1. The number of hydrogen-bond donors (Lipinski definition) is 1. The predicted octanol–water partition coefficient (Wildman–Crippen LogP) is 3.55. The zero-order valence-electron chi connectivity index (χ0n) is 14.1. The summed E-state index contributed by atoms with van der Waals surface area (Å²) in [5, 5.41) is 4.13. The molecule has 0 fully saturated rings. The van der Waals surface area contributed by atoms with Gasteiger partial charge < -0.3 is 9.30 Å². The van der Waals surface area contributed by atoms with E-state index in [1.165, 1.54) is 0 Å². The van der Waals surface area contributed by atoms with E-state index in [1.807, 2.05) is 54.1 Å². The molecule has 0 bridgehead atoms. The van der Waals surface area contributed by atoms with Crippen LogP contribution in [-0.4, -0.2) is 27.8 Å². The van der Waals surface area contributed by atoms with Crippen molar-refractivity contribution < 1.29 is 9.53 Å². The van der Waals surface area contributed by atoms with Gasteiger partial charge in [0.25, 0.3) is 5.91 Å². The molecule has 0 aliphatic carbocycles. The van der Waals surface area contributed by atoms with Gasteiger partial charge in [-0.1, -0.05) is 34.1 Å². The molecule has 2 aromatic carbocycles. The van der Waals surface area contributed by atoms with Gasteiger partial charge in [-0.3, -0.25) is 4.79 Å². The van der Waals surface area contributed by atoms with Crippen molar-refractivity contribution >= 4 is 27.5 Å². The minimum atomic E-state index is -0.320. The maximum atomic E-state index is 11.9. The van der Waals surface area contributed by atoms with Crippen molar-refractivity contribution in [1.82, 2.24) is 15.0 Å². The minimum Gasteiger partial charge on any atom is -0.484 e. The Morgan fingerprint density at radius 3 is 2.77 bits per heavy atom. The number of hydrogen-bond acceptors (Lipinski definition) is 4. The average molecular weight is 413 g/mol. The van der Waals surface area contributed by atoms with E-state index in [1.54, 1.807) is 24.7 Å². The maximum absolute atomic E-state index is 11.9. The Bertz CT molecular complexity index is 906. The number of nitrogens with zero attached hydrogens (tertiary/aromatic N) is 3. The van der Waals surface area contributed by atoms with Gasteiger partial charge in [0, 0.05) is 22.6 Å². The van der Waals surface area contributed by atoms with Crippen LogP contribution in [0.5, 0.6) is 5.75 Å². The Morgan fingerprint density at radius 1 is 1.27 bits per heavy atom. The number of aromatic nitrogens is 2. The Hall–Kier alpha value is -2.93. The second-order valence-electron chi connectivity index (χ2n) is 5.50. The standard InChI is InChI=1S/C19H17BrN4O2/c1-14(15-5-7-17(8-6-15)24-10-9-21-13-24)22-23-19(25)12-26-18-4-2-3-16(20)11-18/h2-11,13H,12H2,1H3,(H,23,25)/b22-14-. The van der Waals surface area contributed by atoms with E-state index >= 15 is 0 Å². The van der Waals surface area contributed by atoms with Gasteiger partial charge in [0.15, 0.2) is 6.61 Å². The van der Waals surface area contributed by atoms with Crippen LogP contribution in [0.2, 0.25) is 0 Å². The largest absolute Gasteiger partial charge is 0.484 e. The maximum Gasteiger partial charge on any atom is 0.277 e. The van der Waals surface area contributed by atoms with Gasteiger partial charge in [-0.25, -0.2) is 10.4 Å². The Balaban J connectivity index is 1.55. The van der Waals surface area contributed by atoms with Gasteiger partial charge in [0.2, 0.25) is 0 Å². The molecule has 1 amide bonds. The van der Waals surface area contributed by atoms with E-state index in [4.69, 9.17) is 4.74 Å². The molecule has 0 spiro atoms. The second-order valence-corrected chi connectivity index (χ2v) is 6.41. The van der Waals surface area contributed by atoms with Crippen LogP contribution in [0.25, 0.3) is 5.69 Å². The van der Waals surface area contributed by atoms with Gasteiger partial charge in [-0.05, 0) is 42.8 Å². The number of ether oxygens (including phenoxy) is 1. The van der Waals surface area contributed by atoms with Gasteiger partial charge >= 0.3 is 0 Å². The number of benzene rings is 2. The number of nitrogens with one attached hydrogen (secondary N) is 1. The average Bonchev–Trinajstić information content (AvgIpc) is 3.19. The normalized spacial score (nSPS) is 11.2. The number of carbonyl (C=O) groups excluding carboxylic acids is 1. The predicted molar refractivity (Wildman–Crippen MR) is 104 cm³/mol. The third-order valence-corrected chi connectivity index (χ3v) is 4.10. The first-order chi connectivity index (χ1) is 12.6. The number of rotatable bonds is 6. The summed E-state index contributed by atoms with van der Waals surface area (Å²) in [6.45, 7) is 1.73. The molecule has 0 saturated heterocycles. The summed E-state index contributed by atoms with van der Waals surface area (Å²) in [4.78, 5) is 15.9. The molecule has 0 aliphatic heterocycles. The molecule has 0 aliphatic rings. The van der Waals surface area contributed by atoms with Crippen molar-refractivity contribution in [2.24, 2.45) is 5.10 Å². The van der Waals surface area contributed by atoms with Crippen LogP contribution in [0.3, 0.4) is 0 Å². The van der Waals surface area contributed by atoms with Gasteiger partial charge in [-0.2, -0.15) is 5.10 Å². The van der Waals surface area contributed by atoms with E-state index in [0.717, 1.165) is 15.7 Å². The summed E-state index contributed by atoms with van der Waals surface area (Å²) in [5.41, 5.74) is 5.14. The van der Waals surface area contributed by atoms with Crippen LogP contribution in [-0.2, 0) is 4.79 Å². The summed E-state index contributed by atoms with van der Waals surface area (Å²) >= 11 is 3.36. The fourth-order valence-corrected chi connectivity index (χ4v) is 2.61. The van der Waals surface area contributed by atoms with Gasteiger partial charge in [0.05, 0.1) is 12.0 Å². The van der Waals surface area contributed by atoms with E-state index in [9.17, 15) is 4.79 Å². The first-order valence-electron chi connectivity index (χ1n) is 7.92. The van der Waals surface area contributed by atoms with Crippen molar-refractivity contribution in [3.05, 3.63) is 77.3 Å². The SMILES string of the molecule is C/C(=N/NC(=O)COc1cccc(Br)c1)c1ccc(-n2ccnc2)cc1. The van der Waals surface area contributed by atoms with Gasteiger partial charge in [-0.15, -0.1) is 0 Å². The van der Waals surface area contributed by atoms with Crippen LogP contribution >= 0.6 is 15.9 Å². The monoisotopic (exact) mass is 412 g/mol. The minimum absolute atomic E-state index is 0.104. The number of halogens is 1. The summed E-state index contributed by atoms with van der Waals surface area (Å²) < 4.78 is 8.23. The third kappa shape index (κ3) is 4.80. The van der Waals surface area contributed by atoms with Crippen molar-refractivity contribution in [3.63, 3.8) is 0 Å². The third-order valence-electron chi connectivity index (χ3n) is 3.60. The fourth-order valence-electron chi connectivity index (χ4n) is 2.24. The molecule has 26 heavy (non-hydrogen) atoms. The van der Waals surface area contributed by atoms with Crippen LogP contribution in [0.4, 0.5) is 0 Å². The lowest BCUT2D eigenvalue weighted by Gasteiger charge is -2.07. The molecule has 1 aromatic heterocycles. The molecule has 132 valence electrons. The lowest BCUT2D eigenvalue weighted by atomic mass is 10.1. The summed E-state index contributed by atoms with van der Waals surface area (Å²) in [6, 6.07) is 15.1. The second kappa shape index (κ2) is 8.44. The van der Waals surface area contributed by atoms with Crippen LogP contribution < -0.4 is 10.2 Å². The van der Waals surface area contributed by atoms with E-state index in [0.29, 0.717) is 11.5 Å². The molecule has 1 heterocycles. The summed E-state index contributed by atoms with van der Waals surface area (Å²) in [5.74, 6) is 0.296. The van der Waals surface area contributed by atoms with E-state index in [-0.39, 0.29) is 12.5 Å². The first kappa shape index (κ1) is 17.9. The topological polar surface area (TPSA) is 68.5 Å². The highest BCUT2D eigenvalue weighted by atomic mass is 79.9. The lowest BCUT2D eigenvalue weighted by Crippen LogP contribution is -2.25. The van der Waals surface area contributed by atoms with E-state index in [2.05, 4.69) is 31.4 Å². The molecule has 6 nitrogen and oxygen atoms in total. The molecule has 0 atom stereocenters. The molecule has 3 rings (SSSR count). The molecular formula is C19H17BrN4O2. The lowest BCUT2D eigenvalue weighted by molar-refractivity contribution is -0.123. The number of amides is 1. The van der Waals surface area contributed by atoms with Gasteiger partial charge in [0.1, 0.15) is 5.75 Å². The Labute approximate surface area is 159 Å². The molecular weight excluding hydrogens is 396 g/mol. The van der Waals surface area contributed by atoms with Crippen molar-refractivity contribution in [2.45, 2.75) is 6.92 Å². The molecule has 3 aromatic rings. The van der Waals surface area contributed by atoms with Crippen LogP contribution in [0.1, 0.15) is 12.5 Å². The molecule has 0 saturated carbocycles. The number of carbonyl (C=O) groups is 1. The highest BCUT2D eigenvalue weighted by Crippen LogP contribution is 2.17. The molecule has 7 heteroatoms. The Morgan fingerprint density at radius 2 is 2.08 bits per heavy atom. The quantitative estimate of drug-likeness (QED) is 0.497. The number of imidazole rings is 1. The van der Waals surface area contributed by atoms with Crippen molar-refractivity contribution in [1.29, 1.82) is 0 Å². The zero-order valence-corrected chi connectivity index (χ0v) is 15.7. The first-order valence-corrected chi connectivity index (χ1v) is 8.71. The van der Waals surface area contributed by atoms with Crippen LogP contribution in [0.15, 0.2) is 76.8 Å². The molecule has 0 unspecified atom stereocenters. The molecule has 0 radical (unpaired) electrons. The molecule has 1 N–H and O–H groups in total. The summed E-state index contributed by atoms with van der Waals surface area (Å²) in [7, 11) is 0. The fraction of sp³-hybridized carbons (Fsp3) is 0.105. The highest BCUT2D eigenvalue weighted by molar-refractivity contribution is 9.10. The Kier molecular flexibility index (Phi) is 5.80. The highest BCUT2D eigenvalue weighted by Gasteiger charge is 2.04. The van der Waals surface area contributed by atoms with E-state index < -0.39 is 0 Å². The van der Waals surface area contributed by atoms with Crippen LogP contribution in [0, 0.1) is 0 Å². The zero-order chi connectivity index (χ0) is 18.4. The van der Waals surface area contributed by atoms with Crippen molar-refractivity contribution in [3.8, 4) is 11.4 Å². The summed E-state index contributed by atoms with van der Waals surface area (Å²) in [6.07, 6.45) is 5.34. The smallest absolute Gasteiger partial charge is 0.277 e. The van der Waals surface area contributed by atoms with Crippen molar-refractivity contribution in [2.75, 3.05) is 6.61 Å².